The first-order valence-corrected chi connectivity index (χ1v) is 9.43. The number of nitrogens with zero attached hydrogens (tertiary/aromatic N) is 5. The molecule has 7 nitrogen and oxygen atoms in total. The lowest BCUT2D eigenvalue weighted by Gasteiger charge is -2.19. The second-order valence-electron chi connectivity index (χ2n) is 6.98. The highest BCUT2D eigenvalue weighted by Crippen LogP contribution is 2.32. The van der Waals surface area contributed by atoms with Crippen LogP contribution in [0.1, 0.15) is 24.1 Å². The number of aryl methyl sites for hydroxylation is 1. The number of pyridine rings is 2. The molecule has 7 heteroatoms. The zero-order valence-corrected chi connectivity index (χ0v) is 16.1. The third-order valence-corrected chi connectivity index (χ3v) is 5.03. The number of para-hydroxylation sites is 1. The van der Waals surface area contributed by atoms with Crippen molar-refractivity contribution in [3.63, 3.8) is 0 Å². The molecule has 0 bridgehead atoms. The minimum atomic E-state index is -0.0641. The Balaban J connectivity index is 1.65. The van der Waals surface area contributed by atoms with E-state index in [0.717, 1.165) is 38.9 Å². The molecule has 0 amide bonds. The van der Waals surface area contributed by atoms with Gasteiger partial charge >= 0.3 is 0 Å². The topological polar surface area (TPSA) is 92.3 Å². The predicted octanol–water partition coefficient (Wildman–Crippen LogP) is 4.44. The quantitative estimate of drug-likeness (QED) is 0.478. The maximum absolute atomic E-state index is 5.00. The van der Waals surface area contributed by atoms with Gasteiger partial charge in [0.2, 0.25) is 0 Å². The second kappa shape index (κ2) is 6.94. The Hall–Kier alpha value is -3.87. The lowest BCUT2D eigenvalue weighted by Crippen LogP contribution is -2.11. The number of anilines is 1. The molecular formula is C22H19N7. The van der Waals surface area contributed by atoms with Gasteiger partial charge in [0, 0.05) is 17.1 Å². The van der Waals surface area contributed by atoms with E-state index in [1.165, 1.54) is 6.33 Å². The Morgan fingerprint density at radius 2 is 1.93 bits per heavy atom. The third-order valence-electron chi connectivity index (χ3n) is 5.03. The largest absolute Gasteiger partial charge is 0.362 e. The molecule has 5 rings (SSSR count). The van der Waals surface area contributed by atoms with Crippen molar-refractivity contribution in [1.29, 1.82) is 0 Å². The average Bonchev–Trinajstić information content (AvgIpc) is 3.24. The summed E-state index contributed by atoms with van der Waals surface area (Å²) in [5, 5.41) is 4.59. The van der Waals surface area contributed by atoms with Gasteiger partial charge in [-0.2, -0.15) is 0 Å². The highest BCUT2D eigenvalue weighted by Gasteiger charge is 2.18. The van der Waals surface area contributed by atoms with E-state index in [0.29, 0.717) is 11.5 Å². The number of benzene rings is 1. The Kier molecular flexibility index (Phi) is 4.13. The number of H-pyrrole nitrogens is 1. The Labute approximate surface area is 167 Å². The second-order valence-corrected chi connectivity index (χ2v) is 6.98. The Bertz CT molecular complexity index is 1310. The number of rotatable bonds is 4. The van der Waals surface area contributed by atoms with E-state index in [-0.39, 0.29) is 6.04 Å². The molecule has 1 atom stereocenters. The van der Waals surface area contributed by atoms with Gasteiger partial charge in [-0.15, -0.1) is 0 Å². The highest BCUT2D eigenvalue weighted by molar-refractivity contribution is 5.86. The molecule has 142 valence electrons. The van der Waals surface area contributed by atoms with Gasteiger partial charge in [0.25, 0.3) is 0 Å². The van der Waals surface area contributed by atoms with Gasteiger partial charge in [0.1, 0.15) is 11.8 Å². The summed E-state index contributed by atoms with van der Waals surface area (Å²) in [7, 11) is 0. The van der Waals surface area contributed by atoms with Gasteiger partial charge in [-0.25, -0.2) is 19.9 Å². The van der Waals surface area contributed by atoms with Crippen LogP contribution < -0.4 is 5.32 Å². The minimum Gasteiger partial charge on any atom is -0.362 e. The maximum Gasteiger partial charge on any atom is 0.182 e. The van der Waals surface area contributed by atoms with Crippen molar-refractivity contribution in [2.75, 3.05) is 5.32 Å². The van der Waals surface area contributed by atoms with Crippen LogP contribution in [0.5, 0.6) is 0 Å². The van der Waals surface area contributed by atoms with Crippen LogP contribution in [0.3, 0.4) is 0 Å². The zero-order chi connectivity index (χ0) is 19.8. The summed E-state index contributed by atoms with van der Waals surface area (Å²) in [5.41, 5.74) is 6.30. The van der Waals surface area contributed by atoms with E-state index < -0.39 is 0 Å². The fraction of sp³-hybridized carbons (Fsp3) is 0.136. The fourth-order valence-corrected chi connectivity index (χ4v) is 3.56. The summed E-state index contributed by atoms with van der Waals surface area (Å²) in [6.45, 7) is 4.17. The maximum atomic E-state index is 5.00. The van der Waals surface area contributed by atoms with Crippen molar-refractivity contribution in [3.8, 4) is 11.4 Å². The summed E-state index contributed by atoms with van der Waals surface area (Å²) in [5.74, 6) is 0.705. The van der Waals surface area contributed by atoms with Crippen molar-refractivity contribution in [2.45, 2.75) is 19.9 Å². The fourth-order valence-electron chi connectivity index (χ4n) is 3.56. The number of hydrogen-bond donors (Lipinski definition) is 2. The molecule has 2 N–H and O–H groups in total. The number of nitrogens with one attached hydrogen (secondary N) is 2. The van der Waals surface area contributed by atoms with Gasteiger partial charge in [-0.05, 0) is 37.6 Å². The number of fused-ring (bicyclic) bond motifs is 2. The molecule has 1 aromatic carbocycles. The molecule has 0 spiro atoms. The molecule has 4 aromatic heterocycles. The summed E-state index contributed by atoms with van der Waals surface area (Å²) >= 11 is 0. The predicted molar refractivity (Wildman–Crippen MR) is 113 cm³/mol. The van der Waals surface area contributed by atoms with Crippen molar-refractivity contribution in [2.24, 2.45) is 0 Å². The molecule has 0 radical (unpaired) electrons. The zero-order valence-electron chi connectivity index (χ0n) is 16.1. The normalized spacial score (nSPS) is 12.3. The molecule has 29 heavy (non-hydrogen) atoms. The first-order valence-electron chi connectivity index (χ1n) is 9.43. The third kappa shape index (κ3) is 3.06. The molecular weight excluding hydrogens is 362 g/mol. The first kappa shape index (κ1) is 17.2. The van der Waals surface area contributed by atoms with E-state index in [9.17, 15) is 0 Å². The molecule has 0 saturated carbocycles. The van der Waals surface area contributed by atoms with Crippen LogP contribution in [0.4, 0.5) is 5.82 Å². The van der Waals surface area contributed by atoms with E-state index >= 15 is 0 Å². The molecule has 4 heterocycles. The molecule has 0 aliphatic heterocycles. The van der Waals surface area contributed by atoms with Gasteiger partial charge in [0.05, 0.1) is 29.3 Å². The molecule has 0 fully saturated rings. The summed E-state index contributed by atoms with van der Waals surface area (Å²) in [4.78, 5) is 25.4. The van der Waals surface area contributed by atoms with E-state index in [1.807, 2.05) is 18.2 Å². The molecule has 0 aliphatic rings. The average molecular weight is 381 g/mol. The van der Waals surface area contributed by atoms with Crippen LogP contribution in [0, 0.1) is 6.92 Å². The van der Waals surface area contributed by atoms with Crippen LogP contribution in [0.25, 0.3) is 33.5 Å². The van der Waals surface area contributed by atoms with Crippen molar-refractivity contribution >= 4 is 27.9 Å². The lowest BCUT2D eigenvalue weighted by molar-refractivity contribution is 0.871. The number of imidazole rings is 1. The number of aromatic nitrogens is 6. The van der Waals surface area contributed by atoms with E-state index in [4.69, 9.17) is 4.98 Å². The Morgan fingerprint density at radius 1 is 1.00 bits per heavy atom. The summed E-state index contributed by atoms with van der Waals surface area (Å²) in [6, 6.07) is 14.2. The van der Waals surface area contributed by atoms with Crippen LogP contribution in [0.2, 0.25) is 0 Å². The summed E-state index contributed by atoms with van der Waals surface area (Å²) < 4.78 is 0. The SMILES string of the molecule is Cc1cccc2cc([C@H](C)Nc3ncnc4nc[nH]c34)c(-c3ccccn3)nc12. The van der Waals surface area contributed by atoms with Gasteiger partial charge in [0.15, 0.2) is 11.5 Å². The molecule has 5 aromatic rings. The van der Waals surface area contributed by atoms with Gasteiger partial charge in [-0.1, -0.05) is 24.3 Å². The highest BCUT2D eigenvalue weighted by atomic mass is 15.1. The molecule has 0 aliphatic carbocycles. The van der Waals surface area contributed by atoms with Gasteiger partial charge in [-0.3, -0.25) is 4.98 Å². The van der Waals surface area contributed by atoms with Crippen LogP contribution in [-0.2, 0) is 0 Å². The number of hydrogen-bond acceptors (Lipinski definition) is 6. The van der Waals surface area contributed by atoms with Crippen molar-refractivity contribution in [1.82, 2.24) is 29.9 Å². The molecule has 0 unspecified atom stereocenters. The van der Waals surface area contributed by atoms with E-state index in [2.05, 4.69) is 68.3 Å². The molecule has 0 saturated heterocycles. The van der Waals surface area contributed by atoms with Crippen LogP contribution in [0.15, 0.2) is 61.3 Å². The summed E-state index contributed by atoms with van der Waals surface area (Å²) in [6.07, 6.45) is 4.92. The standard InChI is InChI=1S/C22H19N7/c1-13-6-5-7-15-10-16(19(29-18(13)15)17-8-3-4-9-23-17)14(2)28-22-20-21(25-11-24-20)26-12-27-22/h3-12,14H,1-2H3,(H2,24,25,26,27,28)/t14-/m0/s1. The van der Waals surface area contributed by atoms with Crippen molar-refractivity contribution in [3.05, 3.63) is 72.4 Å². The van der Waals surface area contributed by atoms with E-state index in [1.54, 1.807) is 12.5 Å². The minimum absolute atomic E-state index is 0.0641. The van der Waals surface area contributed by atoms with Crippen molar-refractivity contribution < 1.29 is 0 Å². The number of aromatic amines is 1. The van der Waals surface area contributed by atoms with Crippen LogP contribution >= 0.6 is 0 Å². The Morgan fingerprint density at radius 3 is 2.79 bits per heavy atom. The lowest BCUT2D eigenvalue weighted by atomic mass is 9.99. The van der Waals surface area contributed by atoms with Gasteiger partial charge < -0.3 is 10.3 Å². The van der Waals surface area contributed by atoms with Crippen LogP contribution in [-0.4, -0.2) is 29.9 Å². The monoisotopic (exact) mass is 381 g/mol. The first-order chi connectivity index (χ1) is 14.2. The smallest absolute Gasteiger partial charge is 0.182 e.